The highest BCUT2D eigenvalue weighted by atomic mass is 19.1. The number of nitrogens with zero attached hydrogens (tertiary/aromatic N) is 2. The molecule has 3 rings (SSSR count). The summed E-state index contributed by atoms with van der Waals surface area (Å²) in [5.74, 6) is -1.35. The number of ether oxygens (including phenoxy) is 1. The van der Waals surface area contributed by atoms with Gasteiger partial charge in [0, 0.05) is 0 Å². The SMILES string of the molecule is Cc1nc(Oc2ccccc2F)nc(C)c1NC(=O)Cc1ccccc1F. The van der Waals surface area contributed by atoms with Crippen molar-refractivity contribution in [2.75, 3.05) is 5.32 Å². The number of para-hydroxylation sites is 1. The van der Waals surface area contributed by atoms with E-state index < -0.39 is 17.5 Å². The van der Waals surface area contributed by atoms with Gasteiger partial charge in [-0.2, -0.15) is 9.97 Å². The second-order valence-corrected chi connectivity index (χ2v) is 5.90. The number of hydrogen-bond donors (Lipinski definition) is 1. The summed E-state index contributed by atoms with van der Waals surface area (Å²) in [6.07, 6.45) is -0.112. The van der Waals surface area contributed by atoms with Crippen molar-refractivity contribution in [3.63, 3.8) is 0 Å². The molecule has 0 atom stereocenters. The van der Waals surface area contributed by atoms with Crippen molar-refractivity contribution in [1.29, 1.82) is 0 Å². The first-order valence-electron chi connectivity index (χ1n) is 8.25. The van der Waals surface area contributed by atoms with Crippen molar-refractivity contribution >= 4 is 11.6 Å². The molecule has 138 valence electrons. The maximum absolute atomic E-state index is 13.7. The molecule has 2 aromatic carbocycles. The largest absolute Gasteiger partial charge is 0.421 e. The summed E-state index contributed by atoms with van der Waals surface area (Å²) >= 11 is 0. The van der Waals surface area contributed by atoms with Gasteiger partial charge in [-0.05, 0) is 37.6 Å². The zero-order valence-corrected chi connectivity index (χ0v) is 14.8. The first-order chi connectivity index (χ1) is 12.9. The number of amides is 1. The topological polar surface area (TPSA) is 64.1 Å². The van der Waals surface area contributed by atoms with Gasteiger partial charge < -0.3 is 10.1 Å². The molecule has 0 aliphatic carbocycles. The van der Waals surface area contributed by atoms with E-state index in [1.54, 1.807) is 44.2 Å². The molecule has 5 nitrogen and oxygen atoms in total. The Hall–Kier alpha value is -3.35. The van der Waals surface area contributed by atoms with E-state index in [4.69, 9.17) is 4.74 Å². The number of carbonyl (C=O) groups is 1. The van der Waals surface area contributed by atoms with E-state index in [9.17, 15) is 13.6 Å². The number of aryl methyl sites for hydroxylation is 2. The van der Waals surface area contributed by atoms with Gasteiger partial charge in [-0.15, -0.1) is 0 Å². The maximum atomic E-state index is 13.7. The van der Waals surface area contributed by atoms with Crippen LogP contribution in [0.15, 0.2) is 48.5 Å². The van der Waals surface area contributed by atoms with E-state index >= 15 is 0 Å². The van der Waals surface area contributed by atoms with E-state index in [2.05, 4.69) is 15.3 Å². The van der Waals surface area contributed by atoms with E-state index in [0.29, 0.717) is 22.6 Å². The molecule has 0 unspecified atom stereocenters. The van der Waals surface area contributed by atoms with Gasteiger partial charge >= 0.3 is 6.01 Å². The molecule has 27 heavy (non-hydrogen) atoms. The molecule has 7 heteroatoms. The molecule has 1 heterocycles. The van der Waals surface area contributed by atoms with Crippen LogP contribution in [-0.4, -0.2) is 15.9 Å². The average molecular weight is 369 g/mol. The van der Waals surface area contributed by atoms with Gasteiger partial charge in [-0.1, -0.05) is 30.3 Å². The highest BCUT2D eigenvalue weighted by molar-refractivity contribution is 5.93. The first kappa shape index (κ1) is 18.4. The Morgan fingerprint density at radius 2 is 1.56 bits per heavy atom. The minimum absolute atomic E-state index is 0.00707. The highest BCUT2D eigenvalue weighted by Gasteiger charge is 2.15. The summed E-state index contributed by atoms with van der Waals surface area (Å²) in [7, 11) is 0. The van der Waals surface area contributed by atoms with E-state index in [1.165, 1.54) is 18.2 Å². The van der Waals surface area contributed by atoms with Crippen molar-refractivity contribution in [2.24, 2.45) is 0 Å². The minimum Gasteiger partial charge on any atom is -0.421 e. The van der Waals surface area contributed by atoms with Crippen molar-refractivity contribution in [3.05, 3.63) is 77.1 Å². The number of aromatic nitrogens is 2. The smallest absolute Gasteiger partial charge is 0.322 e. The summed E-state index contributed by atoms with van der Waals surface area (Å²) in [6.45, 7) is 3.34. The van der Waals surface area contributed by atoms with Gasteiger partial charge in [-0.25, -0.2) is 8.78 Å². The van der Waals surface area contributed by atoms with Gasteiger partial charge in [0.2, 0.25) is 5.91 Å². The normalized spacial score (nSPS) is 10.5. The van der Waals surface area contributed by atoms with Crippen molar-refractivity contribution in [3.8, 4) is 11.8 Å². The lowest BCUT2D eigenvalue weighted by molar-refractivity contribution is -0.115. The summed E-state index contributed by atoms with van der Waals surface area (Å²) < 4.78 is 32.8. The van der Waals surface area contributed by atoms with Crippen LogP contribution in [0, 0.1) is 25.5 Å². The molecule has 0 bridgehead atoms. The third kappa shape index (κ3) is 4.44. The molecule has 0 fully saturated rings. The van der Waals surface area contributed by atoms with Crippen LogP contribution in [-0.2, 0) is 11.2 Å². The summed E-state index contributed by atoms with van der Waals surface area (Å²) in [4.78, 5) is 20.6. The minimum atomic E-state index is -0.529. The van der Waals surface area contributed by atoms with Crippen LogP contribution in [0.5, 0.6) is 11.8 Å². The number of nitrogens with one attached hydrogen (secondary N) is 1. The Morgan fingerprint density at radius 3 is 2.19 bits per heavy atom. The van der Waals surface area contributed by atoms with Gasteiger partial charge in [0.05, 0.1) is 23.5 Å². The Morgan fingerprint density at radius 1 is 0.963 bits per heavy atom. The number of benzene rings is 2. The Labute approximate surface area is 155 Å². The monoisotopic (exact) mass is 369 g/mol. The molecular weight excluding hydrogens is 352 g/mol. The zero-order chi connectivity index (χ0) is 19.4. The number of hydrogen-bond acceptors (Lipinski definition) is 4. The van der Waals surface area contributed by atoms with Gasteiger partial charge in [0.25, 0.3) is 0 Å². The fourth-order valence-electron chi connectivity index (χ4n) is 2.54. The summed E-state index contributed by atoms with van der Waals surface area (Å²) in [6, 6.07) is 12.0. The molecule has 1 aromatic heterocycles. The van der Waals surface area contributed by atoms with Gasteiger partial charge in [-0.3, -0.25) is 4.79 Å². The molecular formula is C20H17F2N3O2. The van der Waals surface area contributed by atoms with Crippen molar-refractivity contribution in [2.45, 2.75) is 20.3 Å². The Kier molecular flexibility index (Phi) is 5.40. The molecule has 0 radical (unpaired) electrons. The van der Waals surface area contributed by atoms with Crippen LogP contribution in [0.25, 0.3) is 0 Å². The van der Waals surface area contributed by atoms with Gasteiger partial charge in [0.15, 0.2) is 11.6 Å². The Balaban J connectivity index is 1.76. The fraction of sp³-hybridized carbons (Fsp3) is 0.150. The second kappa shape index (κ2) is 7.90. The predicted molar refractivity (Wildman–Crippen MR) is 96.7 cm³/mol. The zero-order valence-electron chi connectivity index (χ0n) is 14.8. The molecule has 0 saturated heterocycles. The molecule has 0 aliphatic heterocycles. The van der Waals surface area contributed by atoms with Gasteiger partial charge in [0.1, 0.15) is 5.82 Å². The molecule has 3 aromatic rings. The van der Waals surface area contributed by atoms with Crippen LogP contribution in [0.3, 0.4) is 0 Å². The third-order valence-electron chi connectivity index (χ3n) is 3.86. The highest BCUT2D eigenvalue weighted by Crippen LogP contribution is 2.25. The van der Waals surface area contributed by atoms with Crippen LogP contribution in [0.1, 0.15) is 17.0 Å². The number of halogens is 2. The van der Waals surface area contributed by atoms with Crippen LogP contribution in [0.2, 0.25) is 0 Å². The maximum Gasteiger partial charge on any atom is 0.322 e. The molecule has 0 saturated carbocycles. The van der Waals surface area contributed by atoms with Crippen LogP contribution < -0.4 is 10.1 Å². The lowest BCUT2D eigenvalue weighted by Crippen LogP contribution is -2.18. The molecule has 1 N–H and O–H groups in total. The van der Waals surface area contributed by atoms with Crippen molar-refractivity contribution < 1.29 is 18.3 Å². The molecule has 0 spiro atoms. The lowest BCUT2D eigenvalue weighted by Gasteiger charge is -2.13. The average Bonchev–Trinajstić information content (AvgIpc) is 2.62. The Bertz CT molecular complexity index is 969. The van der Waals surface area contributed by atoms with Crippen LogP contribution >= 0.6 is 0 Å². The van der Waals surface area contributed by atoms with E-state index in [1.807, 2.05) is 0 Å². The second-order valence-electron chi connectivity index (χ2n) is 5.90. The lowest BCUT2D eigenvalue weighted by atomic mass is 10.1. The molecule has 0 aliphatic rings. The van der Waals surface area contributed by atoms with Crippen LogP contribution in [0.4, 0.5) is 14.5 Å². The summed E-state index contributed by atoms with van der Waals surface area (Å²) in [5, 5.41) is 2.70. The van der Waals surface area contributed by atoms with E-state index in [-0.39, 0.29) is 18.2 Å². The third-order valence-corrected chi connectivity index (χ3v) is 3.86. The molecule has 1 amide bonds. The fourth-order valence-corrected chi connectivity index (χ4v) is 2.54. The number of carbonyl (C=O) groups excluding carboxylic acids is 1. The van der Waals surface area contributed by atoms with E-state index in [0.717, 1.165) is 0 Å². The summed E-state index contributed by atoms with van der Waals surface area (Å²) in [5.41, 5.74) is 1.62. The number of anilines is 1. The predicted octanol–water partition coefficient (Wildman–Crippen LogP) is 4.35. The van der Waals surface area contributed by atoms with Crippen molar-refractivity contribution in [1.82, 2.24) is 9.97 Å². The number of rotatable bonds is 5. The quantitative estimate of drug-likeness (QED) is 0.726. The standard InChI is InChI=1S/C20H17F2N3O2/c1-12-19(25-18(26)11-14-7-3-4-8-15(14)21)13(2)24-20(23-12)27-17-10-6-5-9-16(17)22/h3-10H,11H2,1-2H3,(H,25,26). The first-order valence-corrected chi connectivity index (χ1v) is 8.25.